The molecule has 0 aromatic heterocycles. The van der Waals surface area contributed by atoms with Crippen molar-refractivity contribution in [3.05, 3.63) is 89.5 Å². The van der Waals surface area contributed by atoms with Gasteiger partial charge in [0.25, 0.3) is 0 Å². The first-order chi connectivity index (χ1) is 17.4. The molecule has 36 heavy (non-hydrogen) atoms. The van der Waals surface area contributed by atoms with Crippen LogP contribution in [0.25, 0.3) is 0 Å². The van der Waals surface area contributed by atoms with Crippen molar-refractivity contribution in [2.24, 2.45) is 0 Å². The van der Waals surface area contributed by atoms with Crippen molar-refractivity contribution in [3.8, 4) is 11.5 Å². The highest BCUT2D eigenvalue weighted by atomic mass is 32.2. The van der Waals surface area contributed by atoms with Gasteiger partial charge in [0.05, 0.1) is 31.8 Å². The molecule has 192 valence electrons. The lowest BCUT2D eigenvalue weighted by Gasteiger charge is -2.36. The summed E-state index contributed by atoms with van der Waals surface area (Å²) in [7, 11) is -0.391. The number of benzene rings is 3. The SMILES string of the molecule is COc1cccc(C(CN2CCN(S(=O)(=O)c3cccc(OC)c3)CC2)OCc2ccc(C)cc2)c1. The standard InChI is InChI=1S/C28H34N2O5S/c1-22-10-12-23(13-11-22)21-35-28(24-6-4-7-25(18-24)33-2)20-29-14-16-30(17-15-29)36(31,32)27-9-5-8-26(19-27)34-3/h4-13,18-19,28H,14-17,20-21H2,1-3H3. The monoisotopic (exact) mass is 510 g/mol. The molecule has 0 saturated carbocycles. The summed E-state index contributed by atoms with van der Waals surface area (Å²) in [6.45, 7) is 5.30. The third-order valence-electron chi connectivity index (χ3n) is 6.47. The van der Waals surface area contributed by atoms with E-state index in [4.69, 9.17) is 14.2 Å². The van der Waals surface area contributed by atoms with Gasteiger partial charge in [-0.05, 0) is 42.3 Å². The zero-order valence-electron chi connectivity index (χ0n) is 21.1. The fourth-order valence-corrected chi connectivity index (χ4v) is 5.73. The van der Waals surface area contributed by atoms with E-state index in [0.29, 0.717) is 45.1 Å². The minimum Gasteiger partial charge on any atom is -0.497 e. The molecule has 1 fully saturated rings. The predicted octanol–water partition coefficient (Wildman–Crippen LogP) is 4.28. The van der Waals surface area contributed by atoms with Gasteiger partial charge in [0.1, 0.15) is 11.5 Å². The van der Waals surface area contributed by atoms with Crippen LogP contribution in [0, 0.1) is 6.92 Å². The maximum atomic E-state index is 13.2. The Morgan fingerprint density at radius 2 is 1.47 bits per heavy atom. The molecule has 0 bridgehead atoms. The van der Waals surface area contributed by atoms with Gasteiger partial charge < -0.3 is 14.2 Å². The molecule has 0 aliphatic carbocycles. The van der Waals surface area contributed by atoms with E-state index in [9.17, 15) is 8.42 Å². The largest absolute Gasteiger partial charge is 0.497 e. The van der Waals surface area contributed by atoms with E-state index in [1.165, 1.54) is 12.7 Å². The van der Waals surface area contributed by atoms with Crippen LogP contribution in [-0.2, 0) is 21.4 Å². The molecule has 1 saturated heterocycles. The highest BCUT2D eigenvalue weighted by molar-refractivity contribution is 7.89. The van der Waals surface area contributed by atoms with Gasteiger partial charge in [-0.15, -0.1) is 0 Å². The Bertz CT molecular complexity index is 1240. The molecule has 1 atom stereocenters. The number of aryl methyl sites for hydroxylation is 1. The number of ether oxygens (including phenoxy) is 3. The van der Waals surface area contributed by atoms with Crippen LogP contribution in [0.5, 0.6) is 11.5 Å². The molecule has 1 aliphatic heterocycles. The van der Waals surface area contributed by atoms with Crippen molar-refractivity contribution in [2.75, 3.05) is 46.9 Å². The maximum Gasteiger partial charge on any atom is 0.243 e. The van der Waals surface area contributed by atoms with Crippen LogP contribution in [0.4, 0.5) is 0 Å². The summed E-state index contributed by atoms with van der Waals surface area (Å²) in [5.74, 6) is 1.31. The summed E-state index contributed by atoms with van der Waals surface area (Å²) < 4.78 is 44.9. The highest BCUT2D eigenvalue weighted by Crippen LogP contribution is 2.26. The topological polar surface area (TPSA) is 68.3 Å². The van der Waals surface area contributed by atoms with Crippen LogP contribution >= 0.6 is 0 Å². The van der Waals surface area contributed by atoms with Gasteiger partial charge in [0.15, 0.2) is 0 Å². The first-order valence-corrected chi connectivity index (χ1v) is 13.5. The van der Waals surface area contributed by atoms with Crippen LogP contribution in [0.15, 0.2) is 77.7 Å². The molecule has 0 radical (unpaired) electrons. The average Bonchev–Trinajstić information content (AvgIpc) is 2.92. The second-order valence-corrected chi connectivity index (χ2v) is 10.9. The minimum atomic E-state index is -3.58. The van der Waals surface area contributed by atoms with Crippen molar-refractivity contribution in [3.63, 3.8) is 0 Å². The molecule has 1 aliphatic rings. The molecule has 0 amide bonds. The number of sulfonamides is 1. The summed E-state index contributed by atoms with van der Waals surface area (Å²) in [4.78, 5) is 2.52. The van der Waals surface area contributed by atoms with Gasteiger partial charge in [-0.2, -0.15) is 4.31 Å². The molecule has 4 rings (SSSR count). The van der Waals surface area contributed by atoms with E-state index in [0.717, 1.165) is 16.9 Å². The Hall–Kier alpha value is -2.91. The summed E-state index contributed by atoms with van der Waals surface area (Å²) in [5.41, 5.74) is 3.36. The lowest BCUT2D eigenvalue weighted by molar-refractivity contribution is 0.00762. The van der Waals surface area contributed by atoms with E-state index in [-0.39, 0.29) is 11.0 Å². The molecule has 8 heteroatoms. The smallest absolute Gasteiger partial charge is 0.243 e. The van der Waals surface area contributed by atoms with E-state index in [1.807, 2.05) is 24.3 Å². The van der Waals surface area contributed by atoms with Crippen LogP contribution in [0.3, 0.4) is 0 Å². The van der Waals surface area contributed by atoms with Crippen molar-refractivity contribution in [2.45, 2.75) is 24.5 Å². The first kappa shape index (κ1) is 26.2. The average molecular weight is 511 g/mol. The van der Waals surface area contributed by atoms with Crippen molar-refractivity contribution in [1.82, 2.24) is 9.21 Å². The summed E-state index contributed by atoms with van der Waals surface area (Å²) in [5, 5.41) is 0. The van der Waals surface area contributed by atoms with Crippen LogP contribution in [-0.4, -0.2) is 64.6 Å². The number of hydrogen-bond acceptors (Lipinski definition) is 6. The molecular formula is C28H34N2O5S. The Morgan fingerprint density at radius 3 is 2.14 bits per heavy atom. The van der Waals surface area contributed by atoms with Gasteiger partial charge in [0, 0.05) is 38.8 Å². The number of hydrogen-bond donors (Lipinski definition) is 0. The lowest BCUT2D eigenvalue weighted by Crippen LogP contribution is -2.49. The van der Waals surface area contributed by atoms with Gasteiger partial charge in [-0.3, -0.25) is 4.90 Å². The molecule has 0 N–H and O–H groups in total. The lowest BCUT2D eigenvalue weighted by atomic mass is 10.1. The van der Waals surface area contributed by atoms with Crippen molar-refractivity contribution < 1.29 is 22.6 Å². The fraction of sp³-hybridized carbons (Fsp3) is 0.357. The summed E-state index contributed by atoms with van der Waals surface area (Å²) >= 11 is 0. The van der Waals surface area contributed by atoms with Crippen molar-refractivity contribution in [1.29, 1.82) is 0 Å². The van der Waals surface area contributed by atoms with E-state index < -0.39 is 10.0 Å². The highest BCUT2D eigenvalue weighted by Gasteiger charge is 2.30. The molecule has 3 aromatic carbocycles. The van der Waals surface area contributed by atoms with E-state index in [1.54, 1.807) is 35.7 Å². The van der Waals surface area contributed by atoms with E-state index >= 15 is 0 Å². The van der Waals surface area contributed by atoms with E-state index in [2.05, 4.69) is 36.1 Å². The second kappa shape index (κ2) is 11.9. The number of methoxy groups -OCH3 is 2. The van der Waals surface area contributed by atoms with Crippen molar-refractivity contribution >= 4 is 10.0 Å². The molecular weight excluding hydrogens is 476 g/mol. The quantitative estimate of drug-likeness (QED) is 0.406. The normalized spacial score (nSPS) is 16.0. The Labute approximate surface area is 214 Å². The molecule has 7 nitrogen and oxygen atoms in total. The molecule has 0 spiro atoms. The second-order valence-electron chi connectivity index (χ2n) is 8.95. The predicted molar refractivity (Wildman–Crippen MR) is 140 cm³/mol. The zero-order chi connectivity index (χ0) is 25.5. The number of nitrogens with zero attached hydrogens (tertiary/aromatic N) is 2. The van der Waals surface area contributed by atoms with Gasteiger partial charge in [-0.1, -0.05) is 48.0 Å². The first-order valence-electron chi connectivity index (χ1n) is 12.1. The Morgan fingerprint density at radius 1 is 0.833 bits per heavy atom. The summed E-state index contributed by atoms with van der Waals surface area (Å²) in [6.07, 6.45) is -0.178. The Balaban J connectivity index is 1.43. The van der Waals surface area contributed by atoms with Gasteiger partial charge in [0.2, 0.25) is 10.0 Å². The minimum absolute atomic E-state index is 0.178. The molecule has 1 unspecified atom stereocenters. The van der Waals surface area contributed by atoms with Gasteiger partial charge >= 0.3 is 0 Å². The summed E-state index contributed by atoms with van der Waals surface area (Å²) in [6, 6.07) is 22.9. The van der Waals surface area contributed by atoms with Crippen LogP contribution in [0.1, 0.15) is 22.8 Å². The van der Waals surface area contributed by atoms with Crippen LogP contribution < -0.4 is 9.47 Å². The number of rotatable bonds is 10. The fourth-order valence-electron chi connectivity index (χ4n) is 4.27. The number of piperazine rings is 1. The third kappa shape index (κ3) is 6.44. The third-order valence-corrected chi connectivity index (χ3v) is 8.37. The molecule has 3 aromatic rings. The Kier molecular flexibility index (Phi) is 8.64. The molecule has 1 heterocycles. The van der Waals surface area contributed by atoms with Gasteiger partial charge in [-0.25, -0.2) is 8.42 Å². The van der Waals surface area contributed by atoms with Crippen LogP contribution in [0.2, 0.25) is 0 Å². The maximum absolute atomic E-state index is 13.2. The zero-order valence-corrected chi connectivity index (χ0v) is 21.9.